The van der Waals surface area contributed by atoms with Gasteiger partial charge in [0.25, 0.3) is 11.7 Å². The van der Waals surface area contributed by atoms with Crippen LogP contribution in [0.4, 0.5) is 0 Å². The maximum Gasteiger partial charge on any atom is 0.295 e. The maximum atomic E-state index is 13.3. The number of nitrogens with zero attached hydrogens (tertiary/aromatic N) is 2. The Morgan fingerprint density at radius 1 is 1.11 bits per heavy atom. The number of ether oxygens (including phenoxy) is 3. The molecule has 0 radical (unpaired) electrons. The molecule has 2 heterocycles. The monoisotopic (exact) mass is 500 g/mol. The Kier molecular flexibility index (Phi) is 7.88. The van der Waals surface area contributed by atoms with E-state index in [1.165, 1.54) is 12.0 Å². The van der Waals surface area contributed by atoms with Crippen molar-refractivity contribution in [2.24, 2.45) is 0 Å². The second kappa shape index (κ2) is 11.4. The normalized spacial score (nSPS) is 16.5. The maximum absolute atomic E-state index is 13.3. The fourth-order valence-electron chi connectivity index (χ4n) is 4.23. The van der Waals surface area contributed by atoms with E-state index in [-0.39, 0.29) is 17.9 Å². The number of likely N-dealkylation sites (tertiary alicyclic amines) is 1. The molecule has 3 aromatic rings. The van der Waals surface area contributed by atoms with E-state index in [2.05, 4.69) is 11.6 Å². The number of Topliss-reactive ketones (excluding diaryl/α,β-unsaturated/α-hetero) is 1. The quantitative estimate of drug-likeness (QED) is 0.187. The molecule has 0 bridgehead atoms. The van der Waals surface area contributed by atoms with E-state index < -0.39 is 17.7 Å². The zero-order valence-electron chi connectivity index (χ0n) is 20.7. The molecule has 37 heavy (non-hydrogen) atoms. The van der Waals surface area contributed by atoms with Crippen LogP contribution in [0.25, 0.3) is 5.76 Å². The van der Waals surface area contributed by atoms with E-state index in [0.717, 1.165) is 5.56 Å². The largest absolute Gasteiger partial charge is 0.507 e. The van der Waals surface area contributed by atoms with E-state index in [1.807, 2.05) is 13.0 Å². The van der Waals surface area contributed by atoms with Crippen LogP contribution in [-0.4, -0.2) is 47.0 Å². The Hall–Kier alpha value is -4.59. The van der Waals surface area contributed by atoms with Crippen molar-refractivity contribution in [3.63, 3.8) is 0 Å². The summed E-state index contributed by atoms with van der Waals surface area (Å²) in [5, 5.41) is 11.3. The highest BCUT2D eigenvalue weighted by Crippen LogP contribution is 2.42. The highest BCUT2D eigenvalue weighted by Gasteiger charge is 2.46. The van der Waals surface area contributed by atoms with Crippen LogP contribution < -0.4 is 14.2 Å². The van der Waals surface area contributed by atoms with Gasteiger partial charge in [0, 0.05) is 24.5 Å². The molecule has 4 rings (SSSR count). The molecule has 1 aliphatic heterocycles. The molecule has 1 aromatic heterocycles. The van der Waals surface area contributed by atoms with Gasteiger partial charge in [0.2, 0.25) is 0 Å². The van der Waals surface area contributed by atoms with Crippen molar-refractivity contribution >= 4 is 17.4 Å². The molecule has 8 heteroatoms. The minimum Gasteiger partial charge on any atom is -0.507 e. The fraction of sp³-hybridized carbons (Fsp3) is 0.207. The van der Waals surface area contributed by atoms with Gasteiger partial charge in [0.05, 0.1) is 25.3 Å². The molecule has 0 spiro atoms. The first-order chi connectivity index (χ1) is 18.0. The fourth-order valence-corrected chi connectivity index (χ4v) is 4.23. The summed E-state index contributed by atoms with van der Waals surface area (Å²) in [5.41, 5.74) is 1.71. The molecule has 1 aliphatic rings. The number of aliphatic hydroxyl groups is 1. The average molecular weight is 501 g/mol. The lowest BCUT2D eigenvalue weighted by atomic mass is 9.94. The number of hydrogen-bond acceptors (Lipinski definition) is 7. The van der Waals surface area contributed by atoms with Gasteiger partial charge in [-0.15, -0.1) is 0 Å². The van der Waals surface area contributed by atoms with Gasteiger partial charge in [-0.1, -0.05) is 24.8 Å². The van der Waals surface area contributed by atoms with Crippen molar-refractivity contribution in [2.75, 3.05) is 20.3 Å². The summed E-state index contributed by atoms with van der Waals surface area (Å²) in [5.74, 6) is -0.190. The van der Waals surface area contributed by atoms with Crippen LogP contribution in [0.2, 0.25) is 0 Å². The summed E-state index contributed by atoms with van der Waals surface area (Å²) in [7, 11) is 1.52. The number of rotatable bonds is 10. The van der Waals surface area contributed by atoms with Crippen LogP contribution in [0.1, 0.15) is 29.7 Å². The van der Waals surface area contributed by atoms with E-state index in [1.54, 1.807) is 67.0 Å². The summed E-state index contributed by atoms with van der Waals surface area (Å²) < 4.78 is 16.6. The lowest BCUT2D eigenvalue weighted by molar-refractivity contribution is -0.140. The first-order valence-corrected chi connectivity index (χ1v) is 11.8. The van der Waals surface area contributed by atoms with Gasteiger partial charge in [-0.05, 0) is 60.5 Å². The Bertz CT molecular complexity index is 1320. The molecular weight excluding hydrogens is 472 g/mol. The Balaban J connectivity index is 1.82. The van der Waals surface area contributed by atoms with Gasteiger partial charge < -0.3 is 24.2 Å². The number of benzene rings is 2. The van der Waals surface area contributed by atoms with Crippen LogP contribution in [0.5, 0.6) is 17.2 Å². The van der Waals surface area contributed by atoms with Crippen molar-refractivity contribution in [1.82, 2.24) is 9.88 Å². The predicted molar refractivity (Wildman–Crippen MR) is 138 cm³/mol. The molecule has 0 aliphatic carbocycles. The molecule has 1 atom stereocenters. The van der Waals surface area contributed by atoms with E-state index in [9.17, 15) is 14.7 Å². The second-order valence-electron chi connectivity index (χ2n) is 8.26. The van der Waals surface area contributed by atoms with Gasteiger partial charge >= 0.3 is 0 Å². The van der Waals surface area contributed by atoms with Crippen molar-refractivity contribution in [3.05, 3.63) is 102 Å². The molecule has 1 N–H and O–H groups in total. The van der Waals surface area contributed by atoms with Gasteiger partial charge in [-0.2, -0.15) is 0 Å². The predicted octanol–water partition coefficient (Wildman–Crippen LogP) is 4.68. The number of amides is 1. The molecule has 1 amide bonds. The SMILES string of the molecule is C=CCOc1ccc(/C(O)=C2/C(=O)C(=O)N(Cc3cccnc3)C2c2ccc(OCC)c(OC)c2)cc1. The van der Waals surface area contributed by atoms with Gasteiger partial charge in [0.1, 0.15) is 18.1 Å². The number of carbonyl (C=O) groups excluding carboxylic acids is 2. The molecule has 1 saturated heterocycles. The number of aromatic nitrogens is 1. The molecule has 0 saturated carbocycles. The summed E-state index contributed by atoms with van der Waals surface area (Å²) in [6.45, 7) is 6.40. The molecule has 1 fully saturated rings. The molecular formula is C29H28N2O6. The number of methoxy groups -OCH3 is 1. The molecule has 2 aromatic carbocycles. The Morgan fingerprint density at radius 3 is 2.54 bits per heavy atom. The van der Waals surface area contributed by atoms with Gasteiger partial charge in [-0.25, -0.2) is 0 Å². The van der Waals surface area contributed by atoms with Crippen molar-refractivity contribution in [2.45, 2.75) is 19.5 Å². The minimum absolute atomic E-state index is 0.0140. The van der Waals surface area contributed by atoms with Gasteiger partial charge in [0.15, 0.2) is 11.5 Å². The highest BCUT2D eigenvalue weighted by molar-refractivity contribution is 6.46. The van der Waals surface area contributed by atoms with E-state index in [4.69, 9.17) is 14.2 Å². The summed E-state index contributed by atoms with van der Waals surface area (Å²) in [4.78, 5) is 32.1. The summed E-state index contributed by atoms with van der Waals surface area (Å²) in [6.07, 6.45) is 4.90. The van der Waals surface area contributed by atoms with Crippen LogP contribution in [-0.2, 0) is 16.1 Å². The number of hydrogen-bond donors (Lipinski definition) is 1. The summed E-state index contributed by atoms with van der Waals surface area (Å²) >= 11 is 0. The highest BCUT2D eigenvalue weighted by atomic mass is 16.5. The van der Waals surface area contributed by atoms with Crippen LogP contribution in [0.3, 0.4) is 0 Å². The number of carbonyl (C=O) groups is 2. The molecule has 1 unspecified atom stereocenters. The Morgan fingerprint density at radius 2 is 1.89 bits per heavy atom. The van der Waals surface area contributed by atoms with Crippen LogP contribution in [0, 0.1) is 0 Å². The lowest BCUT2D eigenvalue weighted by Crippen LogP contribution is -2.29. The number of ketones is 1. The minimum atomic E-state index is -0.860. The second-order valence-corrected chi connectivity index (χ2v) is 8.26. The van der Waals surface area contributed by atoms with Crippen molar-refractivity contribution in [1.29, 1.82) is 0 Å². The van der Waals surface area contributed by atoms with Crippen molar-refractivity contribution in [3.8, 4) is 17.2 Å². The Labute approximate surface area is 215 Å². The third-order valence-electron chi connectivity index (χ3n) is 5.91. The standard InChI is InChI=1S/C29H28N2O6/c1-4-15-37-22-11-8-20(9-12-22)27(32)25-26(21-10-13-23(36-5-2)24(16-21)35-3)31(29(34)28(25)33)18-19-7-6-14-30-17-19/h4,6-14,16-17,26,32H,1,5,15,18H2,2-3H3/b27-25-. The zero-order valence-corrected chi connectivity index (χ0v) is 20.7. The van der Waals surface area contributed by atoms with Crippen LogP contribution >= 0.6 is 0 Å². The smallest absolute Gasteiger partial charge is 0.295 e. The first kappa shape index (κ1) is 25.5. The third kappa shape index (κ3) is 5.33. The van der Waals surface area contributed by atoms with E-state index >= 15 is 0 Å². The van der Waals surface area contributed by atoms with Crippen LogP contribution in [0.15, 0.2) is 85.2 Å². The third-order valence-corrected chi connectivity index (χ3v) is 5.91. The molecule has 8 nitrogen and oxygen atoms in total. The summed E-state index contributed by atoms with van der Waals surface area (Å²) in [6, 6.07) is 14.6. The topological polar surface area (TPSA) is 98.2 Å². The van der Waals surface area contributed by atoms with E-state index in [0.29, 0.717) is 41.6 Å². The van der Waals surface area contributed by atoms with Gasteiger partial charge in [-0.3, -0.25) is 14.6 Å². The lowest BCUT2D eigenvalue weighted by Gasteiger charge is -2.26. The molecule has 190 valence electrons. The average Bonchev–Trinajstić information content (AvgIpc) is 3.17. The number of pyridine rings is 1. The van der Waals surface area contributed by atoms with Crippen molar-refractivity contribution < 1.29 is 28.9 Å². The zero-order chi connectivity index (χ0) is 26.4. The first-order valence-electron chi connectivity index (χ1n) is 11.8. The number of aliphatic hydroxyl groups excluding tert-OH is 1.